The maximum Gasteiger partial charge on any atom is 0.333 e. The van der Waals surface area contributed by atoms with Crippen LogP contribution in [0.1, 0.15) is 0 Å². The molecule has 0 spiro atoms. The normalized spacial score (nSPS) is 20.7. The summed E-state index contributed by atoms with van der Waals surface area (Å²) >= 11 is 0. The summed E-state index contributed by atoms with van der Waals surface area (Å²) < 4.78 is 26.7. The predicted octanol–water partition coefficient (Wildman–Crippen LogP) is -1.27. The predicted molar refractivity (Wildman–Crippen MR) is 79.7 cm³/mol. The van der Waals surface area contributed by atoms with Gasteiger partial charge in [-0.3, -0.25) is 19.2 Å². The Balaban J connectivity index is 1.82. The van der Waals surface area contributed by atoms with E-state index in [1.807, 2.05) is 9.80 Å². The van der Waals surface area contributed by atoms with Crippen molar-refractivity contribution in [2.24, 2.45) is 0 Å². The van der Waals surface area contributed by atoms with Crippen molar-refractivity contribution in [3.63, 3.8) is 0 Å². The lowest BCUT2D eigenvalue weighted by atomic mass is 10.4. The van der Waals surface area contributed by atoms with E-state index in [4.69, 9.17) is 9.47 Å². The van der Waals surface area contributed by atoms with E-state index in [1.54, 1.807) is 0 Å². The summed E-state index contributed by atoms with van der Waals surface area (Å²) in [4.78, 5) is 28.4. The minimum absolute atomic E-state index is 0.0852. The summed E-state index contributed by atoms with van der Waals surface area (Å²) in [7, 11) is 0. The van der Waals surface area contributed by atoms with Crippen LogP contribution in [0.2, 0.25) is 0 Å². The van der Waals surface area contributed by atoms with Crippen molar-refractivity contribution in [3.8, 4) is 0 Å². The van der Waals surface area contributed by atoms with Crippen molar-refractivity contribution in [1.82, 2.24) is 18.9 Å². The van der Waals surface area contributed by atoms with Gasteiger partial charge in [0.2, 0.25) is 5.82 Å². The molecule has 1 aromatic heterocycles. The summed E-state index contributed by atoms with van der Waals surface area (Å²) in [6.45, 7) is 5.20. The number of ether oxygens (including phenoxy) is 2. The molecule has 23 heavy (non-hydrogen) atoms. The molecule has 0 saturated carbocycles. The lowest BCUT2D eigenvalue weighted by Gasteiger charge is -2.28. The Morgan fingerprint density at radius 1 is 0.913 bits per heavy atom. The molecule has 0 unspecified atom stereocenters. The van der Waals surface area contributed by atoms with Gasteiger partial charge < -0.3 is 9.47 Å². The minimum atomic E-state index is -0.911. The van der Waals surface area contributed by atoms with Crippen molar-refractivity contribution in [3.05, 3.63) is 32.9 Å². The molecule has 2 fully saturated rings. The molecular weight excluding hydrogens is 307 g/mol. The molecule has 3 rings (SSSR count). The van der Waals surface area contributed by atoms with Crippen LogP contribution in [-0.2, 0) is 22.8 Å². The summed E-state index contributed by atoms with van der Waals surface area (Å²) in [5.74, 6) is -0.911. The van der Waals surface area contributed by atoms with Gasteiger partial charge in [-0.15, -0.1) is 0 Å². The minimum Gasteiger partial charge on any atom is -0.379 e. The Labute approximate surface area is 132 Å². The molecule has 0 radical (unpaired) electrons. The van der Waals surface area contributed by atoms with Crippen molar-refractivity contribution in [1.29, 1.82) is 0 Å². The standard InChI is InChI=1S/C14H21FN4O4/c15-12-9-18(10-16-1-5-22-6-2-16)14(21)19(13(12)20)11-17-3-7-23-8-4-17/h9H,1-8,10-11H2. The van der Waals surface area contributed by atoms with Gasteiger partial charge in [0, 0.05) is 26.2 Å². The van der Waals surface area contributed by atoms with Crippen molar-refractivity contribution in [2.75, 3.05) is 52.6 Å². The number of rotatable bonds is 4. The largest absolute Gasteiger partial charge is 0.379 e. The average molecular weight is 328 g/mol. The second kappa shape index (κ2) is 7.35. The molecule has 0 aliphatic carbocycles. The van der Waals surface area contributed by atoms with Crippen LogP contribution in [0, 0.1) is 5.82 Å². The maximum absolute atomic E-state index is 13.9. The van der Waals surface area contributed by atoms with Gasteiger partial charge in [-0.1, -0.05) is 0 Å². The van der Waals surface area contributed by atoms with Crippen LogP contribution in [0.5, 0.6) is 0 Å². The molecule has 0 bridgehead atoms. The molecule has 2 aliphatic heterocycles. The lowest BCUT2D eigenvalue weighted by Crippen LogP contribution is -2.49. The fraction of sp³-hybridized carbons (Fsp3) is 0.714. The second-order valence-corrected chi connectivity index (χ2v) is 5.71. The van der Waals surface area contributed by atoms with Crippen molar-refractivity contribution >= 4 is 0 Å². The molecule has 128 valence electrons. The fourth-order valence-electron chi connectivity index (χ4n) is 2.74. The van der Waals surface area contributed by atoms with Gasteiger partial charge in [-0.2, -0.15) is 4.39 Å². The molecule has 8 nitrogen and oxygen atoms in total. The first-order chi connectivity index (χ1) is 11.1. The monoisotopic (exact) mass is 328 g/mol. The molecule has 0 amide bonds. The molecule has 2 saturated heterocycles. The third-order valence-electron chi connectivity index (χ3n) is 4.10. The summed E-state index contributed by atoms with van der Waals surface area (Å²) in [6.07, 6.45) is 0.996. The third kappa shape index (κ3) is 3.86. The Hall–Kier alpha value is -1.55. The van der Waals surface area contributed by atoms with Gasteiger partial charge in [0.05, 0.1) is 46.0 Å². The van der Waals surface area contributed by atoms with Crippen LogP contribution in [-0.4, -0.2) is 71.5 Å². The van der Waals surface area contributed by atoms with E-state index >= 15 is 0 Å². The zero-order valence-corrected chi connectivity index (χ0v) is 12.9. The van der Waals surface area contributed by atoms with Crippen LogP contribution < -0.4 is 11.2 Å². The number of hydrogen-bond acceptors (Lipinski definition) is 6. The molecule has 1 aromatic rings. The van der Waals surface area contributed by atoms with Crippen LogP contribution >= 0.6 is 0 Å². The topological polar surface area (TPSA) is 68.9 Å². The van der Waals surface area contributed by atoms with E-state index in [2.05, 4.69) is 0 Å². The quantitative estimate of drug-likeness (QED) is 0.686. The molecule has 9 heteroatoms. The van der Waals surface area contributed by atoms with Crippen LogP contribution in [0.4, 0.5) is 4.39 Å². The van der Waals surface area contributed by atoms with Gasteiger partial charge in [0.15, 0.2) is 0 Å². The number of aromatic nitrogens is 2. The highest BCUT2D eigenvalue weighted by molar-refractivity contribution is 4.90. The van der Waals surface area contributed by atoms with Crippen molar-refractivity contribution < 1.29 is 13.9 Å². The molecule has 3 heterocycles. The summed E-state index contributed by atoms with van der Waals surface area (Å²) in [6, 6.07) is 0. The van der Waals surface area contributed by atoms with Crippen LogP contribution in [0.15, 0.2) is 15.8 Å². The average Bonchev–Trinajstić information content (AvgIpc) is 2.58. The van der Waals surface area contributed by atoms with E-state index in [0.717, 1.165) is 10.8 Å². The zero-order chi connectivity index (χ0) is 16.2. The molecule has 0 aromatic carbocycles. The summed E-state index contributed by atoms with van der Waals surface area (Å²) in [5.41, 5.74) is -1.37. The van der Waals surface area contributed by atoms with E-state index in [9.17, 15) is 14.0 Å². The highest BCUT2D eigenvalue weighted by Crippen LogP contribution is 2.00. The highest BCUT2D eigenvalue weighted by atomic mass is 19.1. The van der Waals surface area contributed by atoms with E-state index in [1.165, 1.54) is 4.57 Å². The smallest absolute Gasteiger partial charge is 0.333 e. The molecular formula is C14H21FN4O4. The Morgan fingerprint density at radius 2 is 1.43 bits per heavy atom. The fourth-order valence-corrected chi connectivity index (χ4v) is 2.74. The number of halogens is 1. The zero-order valence-electron chi connectivity index (χ0n) is 12.9. The Morgan fingerprint density at radius 3 is 2.00 bits per heavy atom. The molecule has 2 aliphatic rings. The lowest BCUT2D eigenvalue weighted by molar-refractivity contribution is 0.0174. The van der Waals surface area contributed by atoms with E-state index < -0.39 is 17.1 Å². The number of morpholine rings is 2. The van der Waals surface area contributed by atoms with Gasteiger partial charge >= 0.3 is 5.69 Å². The Bertz CT molecular complexity index is 647. The molecule has 0 N–H and O–H groups in total. The van der Waals surface area contributed by atoms with E-state index in [-0.39, 0.29) is 13.3 Å². The first-order valence-corrected chi connectivity index (χ1v) is 7.75. The first-order valence-electron chi connectivity index (χ1n) is 7.75. The highest BCUT2D eigenvalue weighted by Gasteiger charge is 2.18. The first kappa shape index (κ1) is 16.3. The van der Waals surface area contributed by atoms with Gasteiger partial charge in [0.1, 0.15) is 0 Å². The number of hydrogen-bond donors (Lipinski definition) is 0. The second-order valence-electron chi connectivity index (χ2n) is 5.71. The molecule has 0 atom stereocenters. The summed E-state index contributed by atoms with van der Waals surface area (Å²) in [5, 5.41) is 0. The van der Waals surface area contributed by atoms with Gasteiger partial charge in [-0.05, 0) is 0 Å². The van der Waals surface area contributed by atoms with Gasteiger partial charge in [0.25, 0.3) is 5.56 Å². The van der Waals surface area contributed by atoms with E-state index in [0.29, 0.717) is 52.6 Å². The maximum atomic E-state index is 13.9. The van der Waals surface area contributed by atoms with Crippen molar-refractivity contribution in [2.45, 2.75) is 13.3 Å². The SMILES string of the molecule is O=c1c(F)cn(CN2CCOCC2)c(=O)n1CN1CCOCC1. The van der Waals surface area contributed by atoms with Gasteiger partial charge in [-0.25, -0.2) is 9.36 Å². The van der Waals surface area contributed by atoms with Crippen LogP contribution in [0.25, 0.3) is 0 Å². The van der Waals surface area contributed by atoms with Crippen LogP contribution in [0.3, 0.4) is 0 Å². The third-order valence-corrected chi connectivity index (χ3v) is 4.10. The Kier molecular flexibility index (Phi) is 5.21. The number of nitrogens with zero attached hydrogens (tertiary/aromatic N) is 4.